The minimum atomic E-state index is 0.333. The van der Waals surface area contributed by atoms with Gasteiger partial charge >= 0.3 is 0 Å². The maximum Gasteiger partial charge on any atom is 0.195 e. The van der Waals surface area contributed by atoms with Crippen molar-refractivity contribution in [2.75, 3.05) is 41.4 Å². The third kappa shape index (κ3) is 5.84. The van der Waals surface area contributed by atoms with Gasteiger partial charge in [0.05, 0.1) is 19.3 Å². The predicted octanol–water partition coefficient (Wildman–Crippen LogP) is 2.36. The Hall–Kier alpha value is -1.59. The minimum Gasteiger partial charge on any atom is -0.381 e. The van der Waals surface area contributed by atoms with Gasteiger partial charge in [0.15, 0.2) is 5.96 Å². The summed E-state index contributed by atoms with van der Waals surface area (Å²) in [6, 6.07) is 8.50. The van der Waals surface area contributed by atoms with Crippen LogP contribution in [0.2, 0.25) is 0 Å². The Kier molecular flexibility index (Phi) is 6.86. The van der Waals surface area contributed by atoms with Crippen LogP contribution >= 0.6 is 0 Å². The lowest BCUT2D eigenvalue weighted by Crippen LogP contribution is -2.35. The van der Waals surface area contributed by atoms with Crippen LogP contribution in [-0.4, -0.2) is 63.3 Å². The maximum absolute atomic E-state index is 5.99. The molecule has 0 unspecified atom stereocenters. The second kappa shape index (κ2) is 8.89. The van der Waals surface area contributed by atoms with Crippen molar-refractivity contribution >= 4 is 5.96 Å². The quantitative estimate of drug-likeness (QED) is 0.617. The summed E-state index contributed by atoms with van der Waals surface area (Å²) in [6.45, 7) is 2.97. The fraction of sp³-hybridized carbons (Fsp3) is 0.611. The molecule has 1 aromatic rings. The normalized spacial score (nSPS) is 15.3. The summed E-state index contributed by atoms with van der Waals surface area (Å²) in [6.07, 6.45) is 2.33. The van der Waals surface area contributed by atoms with E-state index in [4.69, 9.17) is 14.5 Å². The lowest BCUT2D eigenvalue weighted by molar-refractivity contribution is -0.0390. The summed E-state index contributed by atoms with van der Waals surface area (Å²) in [5.41, 5.74) is 2.42. The molecule has 1 fully saturated rings. The molecule has 5 heteroatoms. The predicted molar refractivity (Wildman–Crippen MR) is 93.6 cm³/mol. The molecule has 1 heterocycles. The topological polar surface area (TPSA) is 37.3 Å². The fourth-order valence-corrected chi connectivity index (χ4v) is 2.72. The molecule has 1 aromatic carbocycles. The van der Waals surface area contributed by atoms with Crippen molar-refractivity contribution in [3.05, 3.63) is 35.4 Å². The van der Waals surface area contributed by atoms with Crippen LogP contribution in [0.15, 0.2) is 29.3 Å². The number of ether oxygens (including phenoxy) is 2. The number of rotatable bonds is 5. The SMILES string of the molecule is CN(C)C(=NCc1cccc(COC2CCOCC2)c1)N(C)C. The van der Waals surface area contributed by atoms with Crippen molar-refractivity contribution in [3.8, 4) is 0 Å². The summed E-state index contributed by atoms with van der Waals surface area (Å²) in [7, 11) is 8.04. The van der Waals surface area contributed by atoms with Gasteiger partial charge in [-0.15, -0.1) is 0 Å². The number of guanidine groups is 1. The molecule has 1 aliphatic heterocycles. The molecule has 0 radical (unpaired) electrons. The summed E-state index contributed by atoms with van der Waals surface area (Å²) < 4.78 is 11.4. The van der Waals surface area contributed by atoms with Gasteiger partial charge in [0.25, 0.3) is 0 Å². The molecule has 0 atom stereocenters. The Morgan fingerprint density at radius 3 is 2.43 bits per heavy atom. The van der Waals surface area contributed by atoms with Crippen molar-refractivity contribution in [1.82, 2.24) is 9.80 Å². The second-order valence-electron chi connectivity index (χ2n) is 6.35. The monoisotopic (exact) mass is 319 g/mol. The summed E-state index contributed by atoms with van der Waals surface area (Å²) in [5.74, 6) is 0.967. The van der Waals surface area contributed by atoms with E-state index in [0.29, 0.717) is 19.3 Å². The molecule has 5 nitrogen and oxygen atoms in total. The van der Waals surface area contributed by atoms with Crippen molar-refractivity contribution in [2.24, 2.45) is 4.99 Å². The first kappa shape index (κ1) is 17.8. The van der Waals surface area contributed by atoms with Gasteiger partial charge in [0, 0.05) is 41.4 Å². The van der Waals surface area contributed by atoms with E-state index in [1.807, 2.05) is 38.0 Å². The Balaban J connectivity index is 1.92. The Labute approximate surface area is 139 Å². The molecule has 0 N–H and O–H groups in total. The average Bonchev–Trinajstić information content (AvgIpc) is 2.54. The number of nitrogens with zero attached hydrogens (tertiary/aromatic N) is 3. The molecule has 1 saturated heterocycles. The van der Waals surface area contributed by atoms with Gasteiger partial charge in [0.1, 0.15) is 0 Å². The standard InChI is InChI=1S/C18H29N3O2/c1-20(2)18(21(3)4)19-13-15-6-5-7-16(12-15)14-23-17-8-10-22-11-9-17/h5-7,12,17H,8-11,13-14H2,1-4H3. The lowest BCUT2D eigenvalue weighted by atomic mass is 10.1. The highest BCUT2D eigenvalue weighted by atomic mass is 16.5. The summed E-state index contributed by atoms with van der Waals surface area (Å²) >= 11 is 0. The Morgan fingerprint density at radius 1 is 1.13 bits per heavy atom. The molecule has 2 rings (SSSR count). The van der Waals surface area contributed by atoms with Crippen molar-refractivity contribution in [1.29, 1.82) is 0 Å². The highest BCUT2D eigenvalue weighted by molar-refractivity contribution is 5.79. The van der Waals surface area contributed by atoms with E-state index in [1.54, 1.807) is 0 Å². The first-order valence-corrected chi connectivity index (χ1v) is 8.22. The van der Waals surface area contributed by atoms with Gasteiger partial charge in [-0.1, -0.05) is 24.3 Å². The van der Waals surface area contributed by atoms with E-state index in [9.17, 15) is 0 Å². The third-order valence-corrected chi connectivity index (χ3v) is 3.85. The van der Waals surface area contributed by atoms with Crippen molar-refractivity contribution in [3.63, 3.8) is 0 Å². The summed E-state index contributed by atoms with van der Waals surface area (Å²) in [4.78, 5) is 8.75. The average molecular weight is 319 g/mol. The van der Waals surface area contributed by atoms with E-state index in [-0.39, 0.29) is 0 Å². The lowest BCUT2D eigenvalue weighted by Gasteiger charge is -2.23. The molecule has 0 aromatic heterocycles. The third-order valence-electron chi connectivity index (χ3n) is 3.85. The Bertz CT molecular complexity index is 499. The van der Waals surface area contributed by atoms with Gasteiger partial charge in [-0.25, -0.2) is 4.99 Å². The van der Waals surface area contributed by atoms with Crippen LogP contribution < -0.4 is 0 Å². The number of hydrogen-bond acceptors (Lipinski definition) is 3. The van der Waals surface area contributed by atoms with Crippen LogP contribution in [0.3, 0.4) is 0 Å². The first-order valence-electron chi connectivity index (χ1n) is 8.22. The molecule has 0 bridgehead atoms. The smallest absolute Gasteiger partial charge is 0.195 e. The highest BCUT2D eigenvalue weighted by Crippen LogP contribution is 2.14. The molecular formula is C18H29N3O2. The van der Waals surface area contributed by atoms with E-state index >= 15 is 0 Å². The number of benzene rings is 1. The maximum atomic E-state index is 5.99. The van der Waals surface area contributed by atoms with Crippen LogP contribution in [0.4, 0.5) is 0 Å². The largest absolute Gasteiger partial charge is 0.381 e. The van der Waals surface area contributed by atoms with Gasteiger partial charge in [0.2, 0.25) is 0 Å². The van der Waals surface area contributed by atoms with Crippen LogP contribution in [0.5, 0.6) is 0 Å². The van der Waals surface area contributed by atoms with Gasteiger partial charge in [-0.2, -0.15) is 0 Å². The minimum absolute atomic E-state index is 0.333. The molecule has 0 aliphatic carbocycles. The molecule has 23 heavy (non-hydrogen) atoms. The van der Waals surface area contributed by atoms with E-state index in [1.165, 1.54) is 11.1 Å². The van der Waals surface area contributed by atoms with Crippen LogP contribution in [0.1, 0.15) is 24.0 Å². The zero-order valence-corrected chi connectivity index (χ0v) is 14.8. The van der Waals surface area contributed by atoms with Crippen LogP contribution in [0.25, 0.3) is 0 Å². The zero-order chi connectivity index (χ0) is 16.7. The second-order valence-corrected chi connectivity index (χ2v) is 6.35. The van der Waals surface area contributed by atoms with Gasteiger partial charge in [-0.05, 0) is 24.0 Å². The first-order chi connectivity index (χ1) is 11.1. The van der Waals surface area contributed by atoms with Crippen molar-refractivity contribution < 1.29 is 9.47 Å². The van der Waals surface area contributed by atoms with Gasteiger partial charge < -0.3 is 19.3 Å². The molecule has 0 saturated carbocycles. The fourth-order valence-electron chi connectivity index (χ4n) is 2.72. The van der Waals surface area contributed by atoms with E-state index in [0.717, 1.165) is 32.0 Å². The van der Waals surface area contributed by atoms with E-state index < -0.39 is 0 Å². The molecule has 0 spiro atoms. The molecule has 1 aliphatic rings. The molecule has 0 amide bonds. The number of aliphatic imine (C=N–C) groups is 1. The highest BCUT2D eigenvalue weighted by Gasteiger charge is 2.14. The molecular weight excluding hydrogens is 290 g/mol. The van der Waals surface area contributed by atoms with Gasteiger partial charge in [-0.3, -0.25) is 0 Å². The Morgan fingerprint density at radius 2 is 1.78 bits per heavy atom. The molecule has 128 valence electrons. The summed E-state index contributed by atoms with van der Waals surface area (Å²) in [5, 5.41) is 0. The zero-order valence-electron chi connectivity index (χ0n) is 14.8. The van der Waals surface area contributed by atoms with Crippen LogP contribution in [0, 0.1) is 0 Å². The van der Waals surface area contributed by atoms with Crippen molar-refractivity contribution in [2.45, 2.75) is 32.1 Å². The number of hydrogen-bond donors (Lipinski definition) is 0. The van der Waals surface area contributed by atoms with Crippen LogP contribution in [-0.2, 0) is 22.6 Å². The van der Waals surface area contributed by atoms with E-state index in [2.05, 4.69) is 24.3 Å².